The van der Waals surface area contributed by atoms with Gasteiger partial charge in [0.15, 0.2) is 0 Å². The highest BCUT2D eigenvalue weighted by molar-refractivity contribution is 7.18. The lowest BCUT2D eigenvalue weighted by molar-refractivity contribution is -0.391. The number of aromatic nitrogens is 4. The van der Waals surface area contributed by atoms with E-state index in [1.807, 2.05) is 0 Å². The Kier molecular flexibility index (Phi) is 4.24. The van der Waals surface area contributed by atoms with E-state index in [4.69, 9.17) is 0 Å². The third-order valence-electron chi connectivity index (χ3n) is 3.10. The second kappa shape index (κ2) is 6.50. The van der Waals surface area contributed by atoms with Crippen molar-refractivity contribution in [3.63, 3.8) is 0 Å². The minimum Gasteiger partial charge on any atom is -0.508 e. The summed E-state index contributed by atoms with van der Waals surface area (Å²) in [5.41, 5.74) is 0.890. The van der Waals surface area contributed by atoms with Crippen LogP contribution in [0.5, 0.6) is 5.75 Å². The highest BCUT2D eigenvalue weighted by Crippen LogP contribution is 2.29. The maximum Gasteiger partial charge on any atom is 0.342 e. The van der Waals surface area contributed by atoms with Gasteiger partial charge in [-0.2, -0.15) is 5.11 Å². The number of azo groups is 1. The summed E-state index contributed by atoms with van der Waals surface area (Å²) in [4.78, 5) is 14.3. The number of rotatable bonds is 5. The van der Waals surface area contributed by atoms with Crippen LogP contribution in [0.4, 0.5) is 10.9 Å². The maximum atomic E-state index is 10.8. The first kappa shape index (κ1) is 15.7. The Hall–Kier alpha value is -3.21. The second-order valence-corrected chi connectivity index (χ2v) is 5.67. The van der Waals surface area contributed by atoms with E-state index < -0.39 is 4.92 Å². The van der Waals surface area contributed by atoms with Gasteiger partial charge in [-0.1, -0.05) is 23.5 Å². The molecule has 0 atom stereocenters. The SMILES string of the molecule is Cn1c([N+](=O)[O-])cnc1-c1nnc(N=NCc2ccc(O)cc2)s1. The van der Waals surface area contributed by atoms with Crippen molar-refractivity contribution >= 4 is 22.3 Å². The summed E-state index contributed by atoms with van der Waals surface area (Å²) in [5, 5.41) is 36.6. The van der Waals surface area contributed by atoms with Crippen molar-refractivity contribution < 1.29 is 10.0 Å². The molecule has 2 aromatic heterocycles. The number of nitro groups is 1. The van der Waals surface area contributed by atoms with Crippen LogP contribution in [0.2, 0.25) is 0 Å². The zero-order valence-electron chi connectivity index (χ0n) is 12.4. The molecule has 1 N–H and O–H groups in total. The maximum absolute atomic E-state index is 10.8. The molecule has 0 aliphatic carbocycles. The third kappa shape index (κ3) is 3.25. The molecule has 0 amide bonds. The fourth-order valence-electron chi connectivity index (χ4n) is 1.89. The fourth-order valence-corrected chi connectivity index (χ4v) is 2.61. The summed E-state index contributed by atoms with van der Waals surface area (Å²) in [6.07, 6.45) is 1.17. The van der Waals surface area contributed by atoms with Crippen LogP contribution >= 0.6 is 11.3 Å². The molecule has 1 aromatic carbocycles. The van der Waals surface area contributed by atoms with Crippen LogP contribution in [0.1, 0.15) is 5.56 Å². The Labute approximate surface area is 139 Å². The molecule has 122 valence electrons. The van der Waals surface area contributed by atoms with Crippen LogP contribution in [0.3, 0.4) is 0 Å². The molecular weight excluding hydrogens is 334 g/mol. The molecule has 0 spiro atoms. The standard InChI is InChI=1S/C13H11N7O3S/c1-19-10(20(22)23)7-14-11(19)12-16-18-13(24-12)17-15-6-8-2-4-9(21)5-3-8/h2-5,7,21H,6H2,1H3. The van der Waals surface area contributed by atoms with E-state index in [0.29, 0.717) is 22.5 Å². The Balaban J connectivity index is 1.72. The topological polar surface area (TPSA) is 132 Å². The van der Waals surface area contributed by atoms with Gasteiger partial charge in [-0.3, -0.25) is 0 Å². The van der Waals surface area contributed by atoms with Crippen LogP contribution in [-0.4, -0.2) is 29.8 Å². The van der Waals surface area contributed by atoms with Gasteiger partial charge < -0.3 is 15.2 Å². The monoisotopic (exact) mass is 345 g/mol. The number of phenols is 1. The lowest BCUT2D eigenvalue weighted by Crippen LogP contribution is -1.98. The van der Waals surface area contributed by atoms with Crippen LogP contribution in [0.25, 0.3) is 10.8 Å². The number of phenolic OH excluding ortho intramolecular Hbond substituents is 1. The number of imidazole rings is 1. The summed E-state index contributed by atoms with van der Waals surface area (Å²) in [5.74, 6) is 0.406. The van der Waals surface area contributed by atoms with Crippen molar-refractivity contribution in [1.29, 1.82) is 0 Å². The molecule has 2 heterocycles. The fraction of sp³-hybridized carbons (Fsp3) is 0.154. The summed E-state index contributed by atoms with van der Waals surface area (Å²) < 4.78 is 1.33. The lowest BCUT2D eigenvalue weighted by Gasteiger charge is -1.95. The first-order valence-electron chi connectivity index (χ1n) is 6.70. The molecule has 3 rings (SSSR count). The predicted molar refractivity (Wildman–Crippen MR) is 85.1 cm³/mol. The molecule has 0 saturated carbocycles. The number of nitrogens with zero attached hydrogens (tertiary/aromatic N) is 7. The summed E-state index contributed by atoms with van der Waals surface area (Å²) in [6, 6.07) is 6.63. The molecule has 3 aromatic rings. The first-order valence-corrected chi connectivity index (χ1v) is 7.51. The van der Waals surface area contributed by atoms with E-state index in [-0.39, 0.29) is 11.6 Å². The van der Waals surface area contributed by atoms with Gasteiger partial charge in [0.05, 0.1) is 13.6 Å². The van der Waals surface area contributed by atoms with Crippen LogP contribution in [0, 0.1) is 10.1 Å². The van der Waals surface area contributed by atoms with Crippen LogP contribution in [0.15, 0.2) is 40.7 Å². The molecule has 0 fully saturated rings. The molecule has 0 radical (unpaired) electrons. The number of hydrogen-bond acceptors (Lipinski definition) is 9. The molecule has 0 aliphatic heterocycles. The quantitative estimate of drug-likeness (QED) is 0.429. The molecule has 0 aliphatic rings. The number of benzene rings is 1. The van der Waals surface area contributed by atoms with Crippen molar-refractivity contribution in [2.75, 3.05) is 0 Å². The van der Waals surface area contributed by atoms with Gasteiger partial charge in [-0.05, 0) is 22.6 Å². The molecule has 0 bridgehead atoms. The Morgan fingerprint density at radius 3 is 2.75 bits per heavy atom. The van der Waals surface area contributed by atoms with E-state index in [9.17, 15) is 15.2 Å². The molecule has 11 heteroatoms. The third-order valence-corrected chi connectivity index (χ3v) is 3.91. The molecule has 24 heavy (non-hydrogen) atoms. The van der Waals surface area contributed by atoms with Crippen LogP contribution in [-0.2, 0) is 13.6 Å². The molecular formula is C13H11N7O3S. The van der Waals surface area contributed by atoms with Crippen molar-refractivity contribution in [2.45, 2.75) is 6.54 Å². The highest BCUT2D eigenvalue weighted by atomic mass is 32.1. The minimum absolute atomic E-state index is 0.129. The van der Waals surface area contributed by atoms with Gasteiger partial charge in [0.2, 0.25) is 5.01 Å². The largest absolute Gasteiger partial charge is 0.508 e. The number of aromatic hydroxyl groups is 1. The van der Waals surface area contributed by atoms with Gasteiger partial charge in [-0.25, -0.2) is 9.55 Å². The van der Waals surface area contributed by atoms with Gasteiger partial charge in [0.1, 0.15) is 11.9 Å². The van der Waals surface area contributed by atoms with E-state index in [1.54, 1.807) is 24.3 Å². The van der Waals surface area contributed by atoms with Gasteiger partial charge in [0.25, 0.3) is 11.0 Å². The van der Waals surface area contributed by atoms with Crippen LogP contribution < -0.4 is 0 Å². The highest BCUT2D eigenvalue weighted by Gasteiger charge is 2.21. The molecule has 0 saturated heterocycles. The van der Waals surface area contributed by atoms with E-state index in [1.165, 1.54) is 17.8 Å². The molecule has 0 unspecified atom stereocenters. The van der Waals surface area contributed by atoms with Gasteiger partial charge >= 0.3 is 5.82 Å². The Bertz CT molecular complexity index is 901. The Morgan fingerprint density at radius 2 is 2.08 bits per heavy atom. The first-order chi connectivity index (χ1) is 11.5. The van der Waals surface area contributed by atoms with Gasteiger partial charge in [-0.15, -0.1) is 15.3 Å². The normalized spacial score (nSPS) is 11.2. The van der Waals surface area contributed by atoms with E-state index in [0.717, 1.165) is 16.9 Å². The number of hydrogen-bond donors (Lipinski definition) is 1. The summed E-state index contributed by atoms with van der Waals surface area (Å²) >= 11 is 1.13. The van der Waals surface area contributed by atoms with Crippen molar-refractivity contribution in [2.24, 2.45) is 17.3 Å². The molecule has 10 nitrogen and oxygen atoms in total. The minimum atomic E-state index is -0.518. The summed E-state index contributed by atoms with van der Waals surface area (Å²) in [6.45, 7) is 0.336. The summed E-state index contributed by atoms with van der Waals surface area (Å²) in [7, 11) is 1.54. The van der Waals surface area contributed by atoms with Crippen molar-refractivity contribution in [1.82, 2.24) is 19.7 Å². The lowest BCUT2D eigenvalue weighted by atomic mass is 10.2. The average Bonchev–Trinajstić information content (AvgIpc) is 3.15. The average molecular weight is 345 g/mol. The van der Waals surface area contributed by atoms with E-state index >= 15 is 0 Å². The van der Waals surface area contributed by atoms with Gasteiger partial charge in [0, 0.05) is 0 Å². The predicted octanol–water partition coefficient (Wildman–Crippen LogP) is 2.84. The van der Waals surface area contributed by atoms with E-state index in [2.05, 4.69) is 25.4 Å². The van der Waals surface area contributed by atoms with Crippen molar-refractivity contribution in [3.8, 4) is 16.6 Å². The zero-order valence-corrected chi connectivity index (χ0v) is 13.2. The Morgan fingerprint density at radius 1 is 1.33 bits per heavy atom. The van der Waals surface area contributed by atoms with Crippen molar-refractivity contribution in [3.05, 3.63) is 46.1 Å². The zero-order chi connectivity index (χ0) is 17.1. The second-order valence-electron chi connectivity index (χ2n) is 4.71. The smallest absolute Gasteiger partial charge is 0.342 e.